The van der Waals surface area contributed by atoms with Crippen molar-refractivity contribution in [3.05, 3.63) is 60.8 Å². The minimum Gasteiger partial charge on any atom is -0.462 e. The number of hydrogen-bond donors (Lipinski definition) is 7. The third-order valence-electron chi connectivity index (χ3n) is 11.7. The van der Waals surface area contributed by atoms with Crippen molar-refractivity contribution in [2.75, 3.05) is 26.4 Å². The van der Waals surface area contributed by atoms with Crippen LogP contribution in [0.15, 0.2) is 60.8 Å². The number of carbonyl (C=O) groups is 2. The summed E-state index contributed by atoms with van der Waals surface area (Å²) in [5.74, 6) is -1.00. The van der Waals surface area contributed by atoms with E-state index in [1.807, 2.05) is 6.08 Å². The van der Waals surface area contributed by atoms with Gasteiger partial charge < -0.3 is 64.2 Å². The Kier molecular flexibility index (Phi) is 35.1. The first-order chi connectivity index (χ1) is 32.5. The van der Waals surface area contributed by atoms with Gasteiger partial charge in [0.05, 0.1) is 19.8 Å². The second kappa shape index (κ2) is 39.0. The molecule has 2 saturated heterocycles. The normalized spacial score (nSPS) is 26.5. The average Bonchev–Trinajstić information content (AvgIpc) is 3.32. The second-order valence-corrected chi connectivity index (χ2v) is 17.6. The van der Waals surface area contributed by atoms with E-state index in [2.05, 4.69) is 68.5 Å². The lowest BCUT2D eigenvalue weighted by Gasteiger charge is -2.42. The fourth-order valence-corrected chi connectivity index (χ4v) is 7.50. The van der Waals surface area contributed by atoms with Crippen LogP contribution in [0.5, 0.6) is 0 Å². The number of hydrogen-bond acceptors (Lipinski definition) is 15. The summed E-state index contributed by atoms with van der Waals surface area (Å²) in [4.78, 5) is 25.7. The zero-order chi connectivity index (χ0) is 48.9. The molecular formula is C52H88O15. The van der Waals surface area contributed by atoms with Crippen LogP contribution in [0.25, 0.3) is 0 Å². The van der Waals surface area contributed by atoms with Crippen molar-refractivity contribution < 1.29 is 73.8 Å². The number of carbonyl (C=O) groups excluding carboxylic acids is 2. The summed E-state index contributed by atoms with van der Waals surface area (Å²) >= 11 is 0. The van der Waals surface area contributed by atoms with Crippen LogP contribution in [0.4, 0.5) is 0 Å². The molecule has 2 rings (SSSR count). The first kappa shape index (κ1) is 60.3. The predicted octanol–water partition coefficient (Wildman–Crippen LogP) is 6.88. The van der Waals surface area contributed by atoms with Gasteiger partial charge in [-0.1, -0.05) is 132 Å². The van der Waals surface area contributed by atoms with Crippen LogP contribution in [-0.2, 0) is 38.0 Å². The van der Waals surface area contributed by atoms with Crippen molar-refractivity contribution in [2.45, 2.75) is 229 Å². The van der Waals surface area contributed by atoms with E-state index in [4.69, 9.17) is 28.4 Å². The third kappa shape index (κ3) is 27.3. The molecule has 4 unspecified atom stereocenters. The molecule has 11 atom stereocenters. The molecule has 2 aliphatic heterocycles. The standard InChI is InChI=1S/C52H88O15/c1-3-5-7-9-11-13-15-17-19-20-21-23-24-26-28-30-32-34-43(54)62-37-40(65-44(55)35-33-31-29-27-25-22-18-16-14-12-10-8-6-4-2)38-63-51-50(61)48(59)46(57)42(67-51)39-64-52-49(60)47(58)45(56)41(36-53)66-52/h11,13,16-19,21,23,26,28,40-42,45-53,56-61H,3-10,12,14-15,20,22,24-25,27,29-39H2,1-2H3/b13-11+,18-16+,19-17+,23-21+,28-26+/t40-,41+,42+,45-,46-,47?,48?,49?,50?,51+,52+/m0/s1. The first-order valence-electron chi connectivity index (χ1n) is 25.4. The lowest BCUT2D eigenvalue weighted by atomic mass is 9.98. The maximum atomic E-state index is 13.0. The number of ether oxygens (including phenoxy) is 6. The minimum absolute atomic E-state index is 0.138. The highest BCUT2D eigenvalue weighted by Crippen LogP contribution is 2.26. The van der Waals surface area contributed by atoms with Crippen molar-refractivity contribution in [1.29, 1.82) is 0 Å². The SMILES string of the molecule is CCCCC/C=C/C/C=C/C/C=C/C/C=C/CCCC(=O)OC[C@@H](CO[C@@H]1O[C@H](CO[C@@H]2O[C@H](CO)[C@H](O)C(O)C2O)[C@H](O)C(O)C1O)OC(=O)CCCCCCC/C=C/CCCCCCC. The molecule has 67 heavy (non-hydrogen) atoms. The molecule has 15 nitrogen and oxygen atoms in total. The highest BCUT2D eigenvalue weighted by molar-refractivity contribution is 5.70. The Bertz CT molecular complexity index is 1400. The second-order valence-electron chi connectivity index (χ2n) is 17.6. The Morgan fingerprint density at radius 2 is 0.910 bits per heavy atom. The lowest BCUT2D eigenvalue weighted by molar-refractivity contribution is -0.332. The Morgan fingerprint density at radius 3 is 1.49 bits per heavy atom. The molecule has 15 heteroatoms. The van der Waals surface area contributed by atoms with Crippen LogP contribution in [-0.4, -0.2) is 142 Å². The highest BCUT2D eigenvalue weighted by Gasteiger charge is 2.47. The van der Waals surface area contributed by atoms with Crippen LogP contribution in [0.2, 0.25) is 0 Å². The summed E-state index contributed by atoms with van der Waals surface area (Å²) in [5, 5.41) is 72.0. The monoisotopic (exact) mass is 953 g/mol. The van der Waals surface area contributed by atoms with Gasteiger partial charge in [-0.25, -0.2) is 0 Å². The van der Waals surface area contributed by atoms with Crippen molar-refractivity contribution in [3.8, 4) is 0 Å². The maximum absolute atomic E-state index is 13.0. The van der Waals surface area contributed by atoms with E-state index in [1.165, 1.54) is 51.4 Å². The fourth-order valence-electron chi connectivity index (χ4n) is 7.50. The van der Waals surface area contributed by atoms with Gasteiger partial charge in [-0.2, -0.15) is 0 Å². The van der Waals surface area contributed by atoms with E-state index < -0.39 is 99.3 Å². The van der Waals surface area contributed by atoms with E-state index in [0.717, 1.165) is 64.2 Å². The topological polar surface area (TPSA) is 231 Å². The van der Waals surface area contributed by atoms with Crippen molar-refractivity contribution >= 4 is 11.9 Å². The number of unbranched alkanes of at least 4 members (excludes halogenated alkanes) is 14. The molecule has 0 aliphatic carbocycles. The Labute approximate surface area is 400 Å². The summed E-state index contributed by atoms with van der Waals surface area (Å²) in [6.07, 6.45) is 26.8. The molecule has 0 bridgehead atoms. The number of rotatable bonds is 38. The summed E-state index contributed by atoms with van der Waals surface area (Å²) in [7, 11) is 0. The Morgan fingerprint density at radius 1 is 0.478 bits per heavy atom. The molecular weight excluding hydrogens is 865 g/mol. The molecule has 7 N–H and O–H groups in total. The van der Waals surface area contributed by atoms with Gasteiger partial charge in [0.1, 0.15) is 55.4 Å². The zero-order valence-electron chi connectivity index (χ0n) is 40.6. The molecule has 0 aromatic carbocycles. The van der Waals surface area contributed by atoms with Crippen LogP contribution in [0.3, 0.4) is 0 Å². The molecule has 0 saturated carbocycles. The number of allylic oxidation sites excluding steroid dienone is 10. The van der Waals surface area contributed by atoms with E-state index >= 15 is 0 Å². The smallest absolute Gasteiger partial charge is 0.306 e. The number of aliphatic hydroxyl groups excluding tert-OH is 7. The molecule has 0 aromatic heterocycles. The van der Waals surface area contributed by atoms with E-state index in [-0.39, 0.29) is 19.4 Å². The molecule has 0 amide bonds. The van der Waals surface area contributed by atoms with E-state index in [1.54, 1.807) is 0 Å². The third-order valence-corrected chi connectivity index (χ3v) is 11.7. The molecule has 0 radical (unpaired) electrons. The predicted molar refractivity (Wildman–Crippen MR) is 256 cm³/mol. The Hall–Kier alpha value is -2.80. The van der Waals surface area contributed by atoms with Gasteiger partial charge in [-0.05, 0) is 77.0 Å². The lowest BCUT2D eigenvalue weighted by Crippen LogP contribution is -2.61. The summed E-state index contributed by atoms with van der Waals surface area (Å²) in [6.45, 7) is 2.47. The molecule has 2 heterocycles. The molecule has 2 fully saturated rings. The fraction of sp³-hybridized carbons (Fsp3) is 0.769. The van der Waals surface area contributed by atoms with Crippen molar-refractivity contribution in [3.63, 3.8) is 0 Å². The van der Waals surface area contributed by atoms with Gasteiger partial charge in [-0.15, -0.1) is 0 Å². The van der Waals surface area contributed by atoms with Gasteiger partial charge >= 0.3 is 11.9 Å². The minimum atomic E-state index is -1.78. The largest absolute Gasteiger partial charge is 0.462 e. The van der Waals surface area contributed by atoms with E-state index in [0.29, 0.717) is 19.3 Å². The summed E-state index contributed by atoms with van der Waals surface area (Å²) < 4.78 is 33.5. The van der Waals surface area contributed by atoms with Gasteiger partial charge in [0, 0.05) is 12.8 Å². The zero-order valence-corrected chi connectivity index (χ0v) is 40.6. The van der Waals surface area contributed by atoms with Crippen molar-refractivity contribution in [1.82, 2.24) is 0 Å². The van der Waals surface area contributed by atoms with Gasteiger partial charge in [0.25, 0.3) is 0 Å². The van der Waals surface area contributed by atoms with Gasteiger partial charge in [-0.3, -0.25) is 9.59 Å². The van der Waals surface area contributed by atoms with Gasteiger partial charge in [0.2, 0.25) is 0 Å². The quantitative estimate of drug-likeness (QED) is 0.0190. The number of esters is 2. The summed E-state index contributed by atoms with van der Waals surface area (Å²) in [6, 6.07) is 0. The van der Waals surface area contributed by atoms with E-state index in [9.17, 15) is 45.3 Å². The molecule has 386 valence electrons. The highest BCUT2D eigenvalue weighted by atomic mass is 16.7. The number of aliphatic hydroxyl groups is 7. The van der Waals surface area contributed by atoms with Crippen LogP contribution in [0, 0.1) is 0 Å². The van der Waals surface area contributed by atoms with Crippen LogP contribution in [0.1, 0.15) is 162 Å². The molecule has 0 aromatic rings. The average molecular weight is 953 g/mol. The van der Waals surface area contributed by atoms with Crippen molar-refractivity contribution in [2.24, 2.45) is 0 Å². The first-order valence-corrected chi connectivity index (χ1v) is 25.4. The molecule has 2 aliphatic rings. The maximum Gasteiger partial charge on any atom is 0.306 e. The molecule has 0 spiro atoms. The van der Waals surface area contributed by atoms with Gasteiger partial charge in [0.15, 0.2) is 18.7 Å². The summed E-state index contributed by atoms with van der Waals surface area (Å²) in [5.41, 5.74) is 0. The van der Waals surface area contributed by atoms with Crippen LogP contribution >= 0.6 is 0 Å². The Balaban J connectivity index is 1.85. The van der Waals surface area contributed by atoms with Crippen LogP contribution < -0.4 is 0 Å².